The Labute approximate surface area is 159 Å². The number of likely N-dealkylation sites (tertiary alicyclic amines) is 1. The van der Waals surface area contributed by atoms with Crippen molar-refractivity contribution in [2.24, 2.45) is 11.7 Å². The molecule has 26 heavy (non-hydrogen) atoms. The van der Waals surface area contributed by atoms with Gasteiger partial charge in [-0.2, -0.15) is 0 Å². The summed E-state index contributed by atoms with van der Waals surface area (Å²) < 4.78 is 0. The molecule has 5 heteroatoms. The Morgan fingerprint density at radius 1 is 0.923 bits per heavy atom. The Hall–Kier alpha value is -1.10. The van der Waals surface area contributed by atoms with Crippen molar-refractivity contribution in [1.82, 2.24) is 10.2 Å². The fourth-order valence-electron chi connectivity index (χ4n) is 4.44. The molecule has 1 unspecified atom stereocenters. The van der Waals surface area contributed by atoms with Gasteiger partial charge in [-0.15, -0.1) is 0 Å². The molecule has 2 aliphatic rings. The number of nitrogens with two attached hydrogens (primary N) is 1. The van der Waals surface area contributed by atoms with E-state index >= 15 is 0 Å². The monoisotopic (exact) mass is 365 g/mol. The third kappa shape index (κ3) is 7.26. The first-order valence-electron chi connectivity index (χ1n) is 11.0. The van der Waals surface area contributed by atoms with Crippen molar-refractivity contribution in [3.8, 4) is 0 Å². The molecule has 2 rings (SSSR count). The van der Waals surface area contributed by atoms with Crippen molar-refractivity contribution in [3.05, 3.63) is 0 Å². The molecule has 0 spiro atoms. The number of nitrogens with zero attached hydrogens (tertiary/aromatic N) is 1. The molecule has 1 aliphatic heterocycles. The second-order valence-electron chi connectivity index (χ2n) is 8.14. The zero-order valence-corrected chi connectivity index (χ0v) is 16.5. The van der Waals surface area contributed by atoms with Gasteiger partial charge in [0, 0.05) is 19.5 Å². The average Bonchev–Trinajstić information content (AvgIpc) is 2.68. The van der Waals surface area contributed by atoms with Crippen molar-refractivity contribution < 1.29 is 9.59 Å². The zero-order valence-electron chi connectivity index (χ0n) is 16.5. The number of hydrogen-bond donors (Lipinski definition) is 2. The maximum absolute atomic E-state index is 12.7. The quantitative estimate of drug-likeness (QED) is 0.583. The minimum absolute atomic E-state index is 0.0399. The summed E-state index contributed by atoms with van der Waals surface area (Å²) in [6.45, 7) is 2.15. The van der Waals surface area contributed by atoms with Crippen LogP contribution in [0.2, 0.25) is 0 Å². The second-order valence-corrected chi connectivity index (χ2v) is 8.14. The second kappa shape index (κ2) is 12.3. The number of rotatable bonds is 10. The summed E-state index contributed by atoms with van der Waals surface area (Å²) in [7, 11) is 0. The summed E-state index contributed by atoms with van der Waals surface area (Å²) >= 11 is 0. The Morgan fingerprint density at radius 2 is 1.69 bits per heavy atom. The number of amides is 2. The van der Waals surface area contributed by atoms with Gasteiger partial charge in [-0.3, -0.25) is 9.59 Å². The van der Waals surface area contributed by atoms with E-state index in [1.165, 1.54) is 38.5 Å². The summed E-state index contributed by atoms with van der Waals surface area (Å²) in [5, 5.41) is 3.03. The first-order valence-corrected chi connectivity index (χ1v) is 11.0. The SMILES string of the molecule is NCCCCCNC(=O)C1CCCCN1C(=O)CCCC1CCCCC1. The van der Waals surface area contributed by atoms with Gasteiger partial charge in [0.1, 0.15) is 6.04 Å². The minimum atomic E-state index is -0.250. The van der Waals surface area contributed by atoms with Crippen LogP contribution in [0.15, 0.2) is 0 Å². The Kier molecular flexibility index (Phi) is 10.0. The molecule has 1 saturated carbocycles. The average molecular weight is 366 g/mol. The van der Waals surface area contributed by atoms with Gasteiger partial charge in [0.25, 0.3) is 0 Å². The summed E-state index contributed by atoms with van der Waals surface area (Å²) in [5.74, 6) is 1.05. The van der Waals surface area contributed by atoms with Gasteiger partial charge in [-0.25, -0.2) is 0 Å². The maximum Gasteiger partial charge on any atom is 0.242 e. The van der Waals surface area contributed by atoms with Crippen molar-refractivity contribution in [2.75, 3.05) is 19.6 Å². The van der Waals surface area contributed by atoms with Crippen molar-refractivity contribution in [1.29, 1.82) is 0 Å². The van der Waals surface area contributed by atoms with Gasteiger partial charge in [-0.05, 0) is 57.4 Å². The normalized spacial score (nSPS) is 21.6. The standard InChI is InChI=1S/C21H39N3O2/c22-15-6-2-7-16-23-21(26)19-13-5-8-17-24(19)20(25)14-9-12-18-10-3-1-4-11-18/h18-19H,1-17,22H2,(H,23,26). The molecule has 1 atom stereocenters. The van der Waals surface area contributed by atoms with Crippen LogP contribution in [0, 0.1) is 5.92 Å². The Balaban J connectivity index is 1.71. The first-order chi connectivity index (χ1) is 12.7. The van der Waals surface area contributed by atoms with Gasteiger partial charge >= 0.3 is 0 Å². The lowest BCUT2D eigenvalue weighted by Crippen LogP contribution is -2.52. The highest BCUT2D eigenvalue weighted by Crippen LogP contribution is 2.28. The molecule has 1 aliphatic carbocycles. The van der Waals surface area contributed by atoms with Crippen molar-refractivity contribution in [2.45, 2.75) is 95.9 Å². The number of nitrogens with one attached hydrogen (secondary N) is 1. The van der Waals surface area contributed by atoms with E-state index in [0.29, 0.717) is 19.5 Å². The van der Waals surface area contributed by atoms with Gasteiger partial charge in [0.05, 0.1) is 0 Å². The van der Waals surface area contributed by atoms with Crippen LogP contribution in [0.25, 0.3) is 0 Å². The van der Waals surface area contributed by atoms with Crippen molar-refractivity contribution in [3.63, 3.8) is 0 Å². The van der Waals surface area contributed by atoms with E-state index in [4.69, 9.17) is 5.73 Å². The van der Waals surface area contributed by atoms with Crippen LogP contribution in [0.1, 0.15) is 89.9 Å². The molecule has 150 valence electrons. The molecule has 0 aromatic heterocycles. The predicted molar refractivity (Wildman–Crippen MR) is 106 cm³/mol. The molecule has 5 nitrogen and oxygen atoms in total. The largest absolute Gasteiger partial charge is 0.354 e. The van der Waals surface area contributed by atoms with Gasteiger partial charge in [0.2, 0.25) is 11.8 Å². The number of hydrogen-bond acceptors (Lipinski definition) is 3. The lowest BCUT2D eigenvalue weighted by atomic mass is 9.85. The fourth-order valence-corrected chi connectivity index (χ4v) is 4.44. The number of unbranched alkanes of at least 4 members (excludes halogenated alkanes) is 2. The number of carbonyl (C=O) groups excluding carboxylic acids is 2. The van der Waals surface area contributed by atoms with E-state index in [1.54, 1.807) is 0 Å². The molecule has 3 N–H and O–H groups in total. The molecule has 1 heterocycles. The predicted octanol–water partition coefficient (Wildman–Crippen LogP) is 3.36. The van der Waals surface area contributed by atoms with Crippen LogP contribution in [-0.4, -0.2) is 42.4 Å². The minimum Gasteiger partial charge on any atom is -0.354 e. The molecule has 2 amide bonds. The van der Waals surface area contributed by atoms with E-state index in [2.05, 4.69) is 5.32 Å². The summed E-state index contributed by atoms with van der Waals surface area (Å²) in [5.41, 5.74) is 5.49. The van der Waals surface area contributed by atoms with Crippen LogP contribution >= 0.6 is 0 Å². The summed E-state index contributed by atoms with van der Waals surface area (Å²) in [4.78, 5) is 27.1. The van der Waals surface area contributed by atoms with Crippen LogP contribution in [-0.2, 0) is 9.59 Å². The zero-order chi connectivity index (χ0) is 18.6. The fraction of sp³-hybridized carbons (Fsp3) is 0.905. The van der Waals surface area contributed by atoms with E-state index in [9.17, 15) is 9.59 Å². The topological polar surface area (TPSA) is 75.4 Å². The van der Waals surface area contributed by atoms with Crippen LogP contribution in [0.5, 0.6) is 0 Å². The van der Waals surface area contributed by atoms with Gasteiger partial charge in [-0.1, -0.05) is 38.5 Å². The van der Waals surface area contributed by atoms with Crippen LogP contribution < -0.4 is 11.1 Å². The maximum atomic E-state index is 12.7. The molecule has 2 fully saturated rings. The Bertz CT molecular complexity index is 421. The molecular weight excluding hydrogens is 326 g/mol. The Morgan fingerprint density at radius 3 is 2.46 bits per heavy atom. The lowest BCUT2D eigenvalue weighted by molar-refractivity contribution is -0.142. The first kappa shape index (κ1) is 21.2. The number of carbonyl (C=O) groups is 2. The third-order valence-electron chi connectivity index (χ3n) is 6.03. The molecule has 0 aromatic rings. The van der Waals surface area contributed by atoms with E-state index in [-0.39, 0.29) is 17.9 Å². The van der Waals surface area contributed by atoms with E-state index in [0.717, 1.165) is 57.4 Å². The molecule has 0 radical (unpaired) electrons. The summed E-state index contributed by atoms with van der Waals surface area (Å²) in [6.07, 6.45) is 15.4. The molecule has 1 saturated heterocycles. The highest BCUT2D eigenvalue weighted by Gasteiger charge is 2.31. The highest BCUT2D eigenvalue weighted by atomic mass is 16.2. The smallest absolute Gasteiger partial charge is 0.242 e. The highest BCUT2D eigenvalue weighted by molar-refractivity contribution is 5.87. The lowest BCUT2D eigenvalue weighted by Gasteiger charge is -2.35. The van der Waals surface area contributed by atoms with Crippen molar-refractivity contribution >= 4 is 11.8 Å². The van der Waals surface area contributed by atoms with Crippen LogP contribution in [0.3, 0.4) is 0 Å². The number of piperidine rings is 1. The third-order valence-corrected chi connectivity index (χ3v) is 6.03. The van der Waals surface area contributed by atoms with Gasteiger partial charge in [0.15, 0.2) is 0 Å². The summed E-state index contributed by atoms with van der Waals surface area (Å²) in [6, 6.07) is -0.250. The molecular formula is C21H39N3O2. The van der Waals surface area contributed by atoms with Crippen LogP contribution in [0.4, 0.5) is 0 Å². The molecule has 0 bridgehead atoms. The van der Waals surface area contributed by atoms with E-state index < -0.39 is 0 Å². The van der Waals surface area contributed by atoms with Gasteiger partial charge < -0.3 is 16.0 Å². The molecule has 0 aromatic carbocycles. The van der Waals surface area contributed by atoms with E-state index in [1.807, 2.05) is 4.90 Å².